The van der Waals surface area contributed by atoms with E-state index in [0.29, 0.717) is 17.4 Å². The summed E-state index contributed by atoms with van der Waals surface area (Å²) in [6, 6.07) is 0. The van der Waals surface area contributed by atoms with Crippen molar-refractivity contribution in [2.45, 2.75) is 32.9 Å². The van der Waals surface area contributed by atoms with Gasteiger partial charge in [-0.25, -0.2) is 9.97 Å². The minimum absolute atomic E-state index is 0.221. The highest BCUT2D eigenvalue weighted by Gasteiger charge is 2.18. The van der Waals surface area contributed by atoms with E-state index in [-0.39, 0.29) is 5.91 Å². The molecule has 3 rings (SSSR count). The Kier molecular flexibility index (Phi) is 5.94. The number of methoxy groups -OCH3 is 1. The van der Waals surface area contributed by atoms with E-state index >= 15 is 0 Å². The Labute approximate surface area is 149 Å². The molecule has 1 saturated heterocycles. The third-order valence-electron chi connectivity index (χ3n) is 3.95. The Morgan fingerprint density at radius 1 is 1.42 bits per heavy atom. The van der Waals surface area contributed by atoms with Gasteiger partial charge in [-0.3, -0.25) is 15.0 Å². The van der Waals surface area contributed by atoms with Crippen molar-refractivity contribution in [2.24, 2.45) is 5.92 Å². The van der Waals surface area contributed by atoms with Crippen LogP contribution in [0.1, 0.15) is 41.0 Å². The fraction of sp³-hybridized carbons (Fsp3) is 0.562. The van der Waals surface area contributed by atoms with Crippen LogP contribution >= 0.6 is 22.7 Å². The Balaban J connectivity index is 1.55. The summed E-state index contributed by atoms with van der Waals surface area (Å²) in [4.78, 5) is 23.4. The Bertz CT molecular complexity index is 685. The maximum atomic E-state index is 12.2. The zero-order valence-corrected chi connectivity index (χ0v) is 15.6. The zero-order chi connectivity index (χ0) is 16.9. The van der Waals surface area contributed by atoms with Gasteiger partial charge in [0.1, 0.15) is 10.7 Å². The zero-order valence-electron chi connectivity index (χ0n) is 13.9. The second-order valence-corrected chi connectivity index (χ2v) is 7.94. The average molecular weight is 367 g/mol. The topological polar surface area (TPSA) is 67.3 Å². The van der Waals surface area contributed by atoms with E-state index < -0.39 is 0 Å². The van der Waals surface area contributed by atoms with Gasteiger partial charge in [0.25, 0.3) is 5.91 Å². The van der Waals surface area contributed by atoms with E-state index in [1.165, 1.54) is 35.5 Å². The lowest BCUT2D eigenvalue weighted by Crippen LogP contribution is -2.33. The van der Waals surface area contributed by atoms with Crippen molar-refractivity contribution in [3.05, 3.63) is 27.2 Å². The van der Waals surface area contributed by atoms with Gasteiger partial charge in [0, 0.05) is 31.0 Å². The summed E-state index contributed by atoms with van der Waals surface area (Å²) in [6.45, 7) is 5.83. The van der Waals surface area contributed by atoms with Crippen LogP contribution in [0.2, 0.25) is 0 Å². The number of carbonyl (C=O) groups is 1. The van der Waals surface area contributed by atoms with Crippen LogP contribution in [0.3, 0.4) is 0 Å². The smallest absolute Gasteiger partial charge is 0.276 e. The summed E-state index contributed by atoms with van der Waals surface area (Å²) in [5.41, 5.74) is 1.43. The number of likely N-dealkylation sites (tertiary alicyclic amines) is 1. The first-order valence-electron chi connectivity index (χ1n) is 8.05. The van der Waals surface area contributed by atoms with Gasteiger partial charge >= 0.3 is 0 Å². The highest BCUT2D eigenvalue weighted by molar-refractivity contribution is 7.14. The van der Waals surface area contributed by atoms with Gasteiger partial charge in [-0.05, 0) is 25.3 Å². The minimum Gasteiger partial charge on any atom is -0.378 e. The Morgan fingerprint density at radius 2 is 2.29 bits per heavy atom. The molecule has 24 heavy (non-hydrogen) atoms. The van der Waals surface area contributed by atoms with Crippen LogP contribution in [-0.2, 0) is 17.9 Å². The normalized spacial score (nSPS) is 18.7. The summed E-state index contributed by atoms with van der Waals surface area (Å²) < 4.78 is 5.02. The standard InChI is InChI=1S/C16H22N4O2S2/c1-11-4-3-5-20(6-11)7-12-9-24-16(17-12)19-15(21)13-10-23-14(18-13)8-22-2/h9-11H,3-8H2,1-2H3,(H,17,19,21). The first kappa shape index (κ1) is 17.5. The lowest BCUT2D eigenvalue weighted by Gasteiger charge is -2.30. The van der Waals surface area contributed by atoms with E-state index in [4.69, 9.17) is 4.74 Å². The molecule has 1 amide bonds. The predicted molar refractivity (Wildman–Crippen MR) is 96.6 cm³/mol. The summed E-state index contributed by atoms with van der Waals surface area (Å²) in [5.74, 6) is 0.531. The van der Waals surface area contributed by atoms with Crippen molar-refractivity contribution in [1.82, 2.24) is 14.9 Å². The van der Waals surface area contributed by atoms with Crippen molar-refractivity contribution >= 4 is 33.7 Å². The molecule has 1 aliphatic rings. The Hall–Kier alpha value is -1.35. The largest absolute Gasteiger partial charge is 0.378 e. The van der Waals surface area contributed by atoms with Crippen molar-refractivity contribution < 1.29 is 9.53 Å². The predicted octanol–water partition coefficient (Wildman–Crippen LogP) is 3.23. The second-order valence-electron chi connectivity index (χ2n) is 6.14. The van der Waals surface area contributed by atoms with Crippen molar-refractivity contribution in [1.29, 1.82) is 0 Å². The third-order valence-corrected chi connectivity index (χ3v) is 5.58. The number of ether oxygens (including phenoxy) is 1. The fourth-order valence-corrected chi connectivity index (χ4v) is 4.30. The van der Waals surface area contributed by atoms with Crippen LogP contribution in [0.5, 0.6) is 0 Å². The SMILES string of the molecule is COCc1nc(C(=O)Nc2nc(CN3CCCC(C)C3)cs2)cs1. The molecule has 6 nitrogen and oxygen atoms in total. The van der Waals surface area contributed by atoms with Crippen molar-refractivity contribution in [3.63, 3.8) is 0 Å². The van der Waals surface area contributed by atoms with Gasteiger partial charge in [0.05, 0.1) is 12.3 Å². The molecule has 8 heteroatoms. The van der Waals surface area contributed by atoms with Gasteiger partial charge in [0.2, 0.25) is 0 Å². The van der Waals surface area contributed by atoms with E-state index in [2.05, 4.69) is 27.1 Å². The molecule has 0 bridgehead atoms. The summed E-state index contributed by atoms with van der Waals surface area (Å²) in [5, 5.41) is 8.02. The monoisotopic (exact) mass is 366 g/mol. The first-order valence-corrected chi connectivity index (χ1v) is 9.81. The van der Waals surface area contributed by atoms with Gasteiger partial charge < -0.3 is 4.74 Å². The van der Waals surface area contributed by atoms with Crippen molar-refractivity contribution in [3.8, 4) is 0 Å². The molecule has 0 spiro atoms. The fourth-order valence-electron chi connectivity index (χ4n) is 2.86. The van der Waals surface area contributed by atoms with Crippen LogP contribution in [0, 0.1) is 5.92 Å². The van der Waals surface area contributed by atoms with Crippen LogP contribution in [0.25, 0.3) is 0 Å². The molecule has 2 aromatic rings. The number of anilines is 1. The Morgan fingerprint density at radius 3 is 3.08 bits per heavy atom. The number of nitrogens with zero attached hydrogens (tertiary/aromatic N) is 3. The van der Waals surface area contributed by atoms with E-state index in [1.54, 1.807) is 12.5 Å². The molecule has 2 aromatic heterocycles. The molecular formula is C16H22N4O2S2. The van der Waals surface area contributed by atoms with Crippen LogP contribution in [-0.4, -0.2) is 41.0 Å². The summed E-state index contributed by atoms with van der Waals surface area (Å²) in [6.07, 6.45) is 2.57. The lowest BCUT2D eigenvalue weighted by molar-refractivity contribution is 0.102. The number of nitrogens with one attached hydrogen (secondary N) is 1. The van der Waals surface area contributed by atoms with Crippen molar-refractivity contribution in [2.75, 3.05) is 25.5 Å². The van der Waals surface area contributed by atoms with Gasteiger partial charge in [0.15, 0.2) is 5.13 Å². The van der Waals surface area contributed by atoms with Gasteiger partial charge in [-0.2, -0.15) is 0 Å². The van der Waals surface area contributed by atoms with E-state index in [9.17, 15) is 4.79 Å². The van der Waals surface area contributed by atoms with Crippen LogP contribution < -0.4 is 5.32 Å². The number of hydrogen-bond donors (Lipinski definition) is 1. The molecule has 1 unspecified atom stereocenters. The number of thiazole rings is 2. The molecular weight excluding hydrogens is 344 g/mol. The highest BCUT2D eigenvalue weighted by Crippen LogP contribution is 2.21. The molecule has 1 fully saturated rings. The third kappa shape index (κ3) is 4.60. The maximum Gasteiger partial charge on any atom is 0.276 e. The molecule has 130 valence electrons. The number of rotatable bonds is 6. The first-order chi connectivity index (χ1) is 11.6. The molecule has 1 atom stereocenters. The second kappa shape index (κ2) is 8.15. The van der Waals surface area contributed by atoms with Crippen LogP contribution in [0.4, 0.5) is 5.13 Å². The molecule has 0 saturated carbocycles. The molecule has 0 radical (unpaired) electrons. The number of amides is 1. The quantitative estimate of drug-likeness (QED) is 0.850. The molecule has 1 N–H and O–H groups in total. The number of hydrogen-bond acceptors (Lipinski definition) is 7. The van der Waals surface area contributed by atoms with Gasteiger partial charge in [-0.15, -0.1) is 22.7 Å². The van der Waals surface area contributed by atoms with E-state index in [1.807, 2.05) is 5.38 Å². The number of carbonyl (C=O) groups excluding carboxylic acids is 1. The lowest BCUT2D eigenvalue weighted by atomic mass is 10.0. The molecule has 0 aromatic carbocycles. The summed E-state index contributed by atoms with van der Waals surface area (Å²) in [7, 11) is 1.61. The summed E-state index contributed by atoms with van der Waals surface area (Å²) >= 11 is 2.88. The molecule has 0 aliphatic carbocycles. The highest BCUT2D eigenvalue weighted by atomic mass is 32.1. The maximum absolute atomic E-state index is 12.2. The number of aromatic nitrogens is 2. The van der Waals surface area contributed by atoms with Gasteiger partial charge in [-0.1, -0.05) is 6.92 Å². The average Bonchev–Trinajstić information content (AvgIpc) is 3.17. The molecule has 3 heterocycles. The van der Waals surface area contributed by atoms with E-state index in [0.717, 1.165) is 36.3 Å². The number of piperidine rings is 1. The minimum atomic E-state index is -0.221. The molecule has 1 aliphatic heterocycles. The van der Waals surface area contributed by atoms with Crippen LogP contribution in [0.15, 0.2) is 10.8 Å².